The number of aryl methyl sites for hydroxylation is 1. The van der Waals surface area contributed by atoms with Crippen molar-refractivity contribution < 1.29 is 18.1 Å². The second-order valence-corrected chi connectivity index (χ2v) is 9.07. The van der Waals surface area contributed by atoms with Crippen molar-refractivity contribution in [1.29, 1.82) is 0 Å². The molecule has 1 aliphatic heterocycles. The fourth-order valence-electron chi connectivity index (χ4n) is 3.06. The highest BCUT2D eigenvalue weighted by Gasteiger charge is 2.33. The second kappa shape index (κ2) is 7.75. The van der Waals surface area contributed by atoms with Gasteiger partial charge in [0.25, 0.3) is 5.69 Å². The minimum atomic E-state index is -3.85. The van der Waals surface area contributed by atoms with Gasteiger partial charge in [0.05, 0.1) is 15.5 Å². The summed E-state index contributed by atoms with van der Waals surface area (Å²) < 4.78 is 27.1. The van der Waals surface area contributed by atoms with Gasteiger partial charge in [-0.3, -0.25) is 14.9 Å². The van der Waals surface area contributed by atoms with Gasteiger partial charge in [-0.2, -0.15) is 15.6 Å². The summed E-state index contributed by atoms with van der Waals surface area (Å²) in [5.41, 5.74) is 0.939. The first kappa shape index (κ1) is 19.5. The number of amides is 1. The minimum absolute atomic E-state index is 0.0575. The first-order chi connectivity index (χ1) is 12.8. The lowest BCUT2D eigenvalue weighted by Crippen LogP contribution is -2.41. The smallest absolute Gasteiger partial charge is 0.270 e. The Kier molecular flexibility index (Phi) is 5.59. The Morgan fingerprint density at radius 1 is 1.30 bits per heavy atom. The van der Waals surface area contributed by atoms with Crippen LogP contribution < -0.4 is 5.32 Å². The van der Waals surface area contributed by atoms with E-state index in [4.69, 9.17) is 0 Å². The van der Waals surface area contributed by atoms with Gasteiger partial charge in [0.2, 0.25) is 15.9 Å². The molecule has 0 saturated carbocycles. The van der Waals surface area contributed by atoms with Gasteiger partial charge in [0.1, 0.15) is 0 Å². The highest BCUT2D eigenvalue weighted by Crippen LogP contribution is 2.28. The monoisotopic (exact) mass is 409 g/mol. The number of nitro groups is 1. The molecule has 1 aromatic carbocycles. The number of nitrogens with one attached hydrogen (secondary N) is 1. The maximum Gasteiger partial charge on any atom is 0.270 e. The zero-order valence-corrected chi connectivity index (χ0v) is 16.3. The van der Waals surface area contributed by atoms with Crippen molar-refractivity contribution in [3.05, 3.63) is 50.7 Å². The maximum absolute atomic E-state index is 12.9. The van der Waals surface area contributed by atoms with Gasteiger partial charge >= 0.3 is 0 Å². The van der Waals surface area contributed by atoms with Gasteiger partial charge in [-0.1, -0.05) is 6.07 Å². The zero-order chi connectivity index (χ0) is 19.6. The van der Waals surface area contributed by atoms with Gasteiger partial charge in [-0.15, -0.1) is 0 Å². The largest absolute Gasteiger partial charge is 0.325 e. The Bertz CT molecular complexity index is 949. The Balaban J connectivity index is 1.70. The van der Waals surface area contributed by atoms with Crippen molar-refractivity contribution >= 4 is 38.6 Å². The number of rotatable bonds is 5. The number of non-ortho nitro benzene ring substituents is 1. The molecule has 0 spiro atoms. The van der Waals surface area contributed by atoms with Crippen molar-refractivity contribution in [3.8, 4) is 0 Å². The molecule has 1 aromatic heterocycles. The standard InChI is InChI=1S/C17H19N3O5S2/c1-12-2-3-15(20(22)23)10-16(12)27(24,25)19-7-4-13(5-8-19)17(21)18-14-6-9-26-11-14/h2-3,6,9-11,13H,4-5,7-8H2,1H3,(H,18,21). The Morgan fingerprint density at radius 3 is 2.59 bits per heavy atom. The van der Waals surface area contributed by atoms with Crippen LogP contribution in [0, 0.1) is 23.0 Å². The van der Waals surface area contributed by atoms with E-state index in [0.717, 1.165) is 11.8 Å². The number of sulfonamides is 1. The predicted molar refractivity (Wildman–Crippen MR) is 102 cm³/mol. The van der Waals surface area contributed by atoms with E-state index in [0.29, 0.717) is 18.4 Å². The molecule has 0 radical (unpaired) electrons. The lowest BCUT2D eigenvalue weighted by atomic mass is 9.97. The number of thiophene rings is 1. The number of carbonyl (C=O) groups excluding carboxylic acids is 1. The van der Waals surface area contributed by atoms with Crippen LogP contribution in [-0.2, 0) is 14.8 Å². The third-order valence-corrected chi connectivity index (χ3v) is 7.34. The normalized spacial score (nSPS) is 16.2. The number of nitro benzene ring substituents is 1. The van der Waals surface area contributed by atoms with Crippen molar-refractivity contribution in [2.75, 3.05) is 18.4 Å². The van der Waals surface area contributed by atoms with Crippen LogP contribution in [-0.4, -0.2) is 36.6 Å². The third kappa shape index (κ3) is 4.18. The molecule has 1 amide bonds. The molecule has 1 saturated heterocycles. The van der Waals surface area contributed by atoms with Crippen molar-refractivity contribution in [2.45, 2.75) is 24.7 Å². The molecule has 2 heterocycles. The molecule has 0 bridgehead atoms. The number of hydrogen-bond acceptors (Lipinski definition) is 6. The predicted octanol–water partition coefficient (Wildman–Crippen LogP) is 3.00. The van der Waals surface area contributed by atoms with Crippen LogP contribution in [0.2, 0.25) is 0 Å². The van der Waals surface area contributed by atoms with Gasteiger partial charge < -0.3 is 5.32 Å². The van der Waals surface area contributed by atoms with Crippen molar-refractivity contribution in [3.63, 3.8) is 0 Å². The number of carbonyl (C=O) groups is 1. The summed E-state index contributed by atoms with van der Waals surface area (Å²) in [6.07, 6.45) is 0.812. The summed E-state index contributed by atoms with van der Waals surface area (Å²) >= 11 is 1.48. The van der Waals surface area contributed by atoms with Gasteiger partial charge in [-0.05, 0) is 36.8 Å². The second-order valence-electron chi connectivity index (χ2n) is 6.39. The van der Waals surface area contributed by atoms with Crippen LogP contribution in [0.25, 0.3) is 0 Å². The van der Waals surface area contributed by atoms with E-state index in [9.17, 15) is 23.3 Å². The van der Waals surface area contributed by atoms with Crippen LogP contribution in [0.5, 0.6) is 0 Å². The summed E-state index contributed by atoms with van der Waals surface area (Å²) in [4.78, 5) is 22.6. The lowest BCUT2D eigenvalue weighted by Gasteiger charge is -2.30. The lowest BCUT2D eigenvalue weighted by molar-refractivity contribution is -0.385. The van der Waals surface area contributed by atoms with E-state index in [-0.39, 0.29) is 35.5 Å². The first-order valence-corrected chi connectivity index (χ1v) is 10.8. The quantitative estimate of drug-likeness (QED) is 0.603. The highest BCUT2D eigenvalue weighted by molar-refractivity contribution is 7.89. The van der Waals surface area contributed by atoms with E-state index in [1.165, 1.54) is 27.8 Å². The highest BCUT2D eigenvalue weighted by atomic mass is 32.2. The van der Waals surface area contributed by atoms with Crippen LogP contribution in [0.4, 0.5) is 11.4 Å². The molecule has 0 aliphatic carbocycles. The topological polar surface area (TPSA) is 110 Å². The van der Waals surface area contributed by atoms with Gasteiger partial charge in [0.15, 0.2) is 0 Å². The summed E-state index contributed by atoms with van der Waals surface area (Å²) in [5, 5.41) is 17.5. The van der Waals surface area contributed by atoms with Crippen LogP contribution in [0.1, 0.15) is 18.4 Å². The molecule has 27 heavy (non-hydrogen) atoms. The van der Waals surface area contributed by atoms with Crippen molar-refractivity contribution in [2.24, 2.45) is 5.92 Å². The molecule has 1 N–H and O–H groups in total. The Hall–Kier alpha value is -2.30. The average molecular weight is 409 g/mol. The Labute approximate surface area is 161 Å². The molecule has 10 heteroatoms. The fraction of sp³-hybridized carbons (Fsp3) is 0.353. The van der Waals surface area contributed by atoms with E-state index in [1.54, 1.807) is 6.92 Å². The molecular weight excluding hydrogens is 390 g/mol. The molecule has 1 aliphatic rings. The molecular formula is C17H19N3O5S2. The zero-order valence-electron chi connectivity index (χ0n) is 14.6. The number of piperidine rings is 1. The van der Waals surface area contributed by atoms with Gasteiger partial charge in [-0.25, -0.2) is 8.42 Å². The van der Waals surface area contributed by atoms with E-state index >= 15 is 0 Å². The van der Waals surface area contributed by atoms with E-state index in [1.807, 2.05) is 16.8 Å². The summed E-state index contributed by atoms with van der Waals surface area (Å²) in [6.45, 7) is 2.01. The number of anilines is 1. The molecule has 0 atom stereocenters. The molecule has 3 rings (SSSR count). The maximum atomic E-state index is 12.9. The van der Waals surface area contributed by atoms with Crippen LogP contribution in [0.15, 0.2) is 39.9 Å². The number of hydrogen-bond donors (Lipinski definition) is 1. The van der Waals surface area contributed by atoms with E-state index in [2.05, 4.69) is 5.32 Å². The summed E-state index contributed by atoms with van der Waals surface area (Å²) in [5.74, 6) is -0.375. The first-order valence-electron chi connectivity index (χ1n) is 8.37. The fourth-order valence-corrected chi connectivity index (χ4v) is 5.36. The van der Waals surface area contributed by atoms with Crippen LogP contribution in [0.3, 0.4) is 0 Å². The molecule has 0 unspecified atom stereocenters. The molecule has 2 aromatic rings. The third-order valence-electron chi connectivity index (χ3n) is 4.61. The summed E-state index contributed by atoms with van der Waals surface area (Å²) in [6, 6.07) is 5.63. The SMILES string of the molecule is Cc1ccc([N+](=O)[O-])cc1S(=O)(=O)N1CCC(C(=O)Nc2ccsc2)CC1. The van der Waals surface area contributed by atoms with Gasteiger partial charge in [0, 0.05) is 36.5 Å². The Morgan fingerprint density at radius 2 is 2.00 bits per heavy atom. The molecule has 8 nitrogen and oxygen atoms in total. The molecule has 1 fully saturated rings. The molecule has 144 valence electrons. The number of benzene rings is 1. The number of nitrogens with zero attached hydrogens (tertiary/aromatic N) is 2. The van der Waals surface area contributed by atoms with Crippen LogP contribution >= 0.6 is 11.3 Å². The van der Waals surface area contributed by atoms with E-state index < -0.39 is 14.9 Å². The average Bonchev–Trinajstić information content (AvgIpc) is 3.14. The summed E-state index contributed by atoms with van der Waals surface area (Å²) in [7, 11) is -3.85. The van der Waals surface area contributed by atoms with Crippen molar-refractivity contribution in [1.82, 2.24) is 4.31 Å². The minimum Gasteiger partial charge on any atom is -0.325 e.